The van der Waals surface area contributed by atoms with E-state index in [4.69, 9.17) is 9.63 Å². The molecule has 1 aliphatic rings. The highest BCUT2D eigenvalue weighted by molar-refractivity contribution is 5.86. The lowest BCUT2D eigenvalue weighted by atomic mass is 10.1. The summed E-state index contributed by atoms with van der Waals surface area (Å²) >= 11 is 0. The van der Waals surface area contributed by atoms with Crippen LogP contribution in [-0.4, -0.2) is 28.7 Å². The van der Waals surface area contributed by atoms with E-state index >= 15 is 0 Å². The van der Waals surface area contributed by atoms with Gasteiger partial charge in [0.2, 0.25) is 11.7 Å². The third kappa shape index (κ3) is 2.20. The van der Waals surface area contributed by atoms with Crippen molar-refractivity contribution in [1.82, 2.24) is 10.6 Å². The first-order chi connectivity index (χ1) is 9.63. The van der Waals surface area contributed by atoms with Gasteiger partial charge in [-0.15, -0.1) is 0 Å². The van der Waals surface area contributed by atoms with Crippen LogP contribution in [0.3, 0.4) is 0 Å². The smallest absolute Gasteiger partial charge is 0.374 e. The third-order valence-electron chi connectivity index (χ3n) is 3.00. The lowest BCUT2D eigenvalue weighted by Crippen LogP contribution is -2.32. The Hall–Kier alpha value is -2.83. The second-order valence-electron chi connectivity index (χ2n) is 4.37. The Kier molecular flexibility index (Phi) is 2.86. The molecular weight excluding hydrogens is 262 g/mol. The van der Waals surface area contributed by atoms with Crippen molar-refractivity contribution in [3.05, 3.63) is 36.1 Å². The fraction of sp³-hybridized carbons (Fsp3) is 0.154. The van der Waals surface area contributed by atoms with Gasteiger partial charge in [-0.25, -0.2) is 4.79 Å². The molecule has 2 aromatic rings. The molecule has 0 bridgehead atoms. The Labute approximate surface area is 113 Å². The van der Waals surface area contributed by atoms with Crippen LogP contribution in [0.5, 0.6) is 0 Å². The fourth-order valence-corrected chi connectivity index (χ4v) is 2.01. The Morgan fingerprint density at radius 1 is 1.40 bits per heavy atom. The molecule has 1 saturated heterocycles. The Morgan fingerprint density at radius 2 is 2.25 bits per heavy atom. The van der Waals surface area contributed by atoms with Crippen LogP contribution >= 0.6 is 0 Å². The first kappa shape index (κ1) is 12.2. The van der Waals surface area contributed by atoms with E-state index in [1.807, 2.05) is 18.2 Å². The van der Waals surface area contributed by atoms with E-state index in [-0.39, 0.29) is 11.7 Å². The monoisotopic (exact) mass is 273 g/mol. The molecule has 0 spiro atoms. The molecule has 0 aliphatic carbocycles. The van der Waals surface area contributed by atoms with Gasteiger partial charge in [0.15, 0.2) is 0 Å². The number of hydrogen-bond acceptors (Lipinski definition) is 5. The van der Waals surface area contributed by atoms with Gasteiger partial charge in [0.05, 0.1) is 5.69 Å². The third-order valence-corrected chi connectivity index (χ3v) is 3.00. The highest BCUT2D eigenvalue weighted by Gasteiger charge is 2.19. The zero-order valence-electron chi connectivity index (χ0n) is 10.4. The van der Waals surface area contributed by atoms with Gasteiger partial charge in [-0.1, -0.05) is 17.3 Å². The summed E-state index contributed by atoms with van der Waals surface area (Å²) in [4.78, 5) is 22.0. The summed E-state index contributed by atoms with van der Waals surface area (Å²) in [6.45, 7) is 0.599. The first-order valence-corrected chi connectivity index (χ1v) is 6.01. The minimum absolute atomic E-state index is 0.0231. The van der Waals surface area contributed by atoms with E-state index in [1.54, 1.807) is 11.1 Å². The molecule has 0 unspecified atom stereocenters. The number of carboxylic acids is 1. The van der Waals surface area contributed by atoms with Gasteiger partial charge >= 0.3 is 5.97 Å². The van der Waals surface area contributed by atoms with Crippen LogP contribution in [0.1, 0.15) is 17.0 Å². The number of amides is 1. The quantitative estimate of drug-likeness (QED) is 0.874. The topological polar surface area (TPSA) is 95.7 Å². The van der Waals surface area contributed by atoms with Crippen molar-refractivity contribution < 1.29 is 19.2 Å². The lowest BCUT2D eigenvalue weighted by Gasteiger charge is -2.17. The highest BCUT2D eigenvalue weighted by atomic mass is 16.5. The zero-order chi connectivity index (χ0) is 14.1. The Bertz CT molecular complexity index is 680. The van der Waals surface area contributed by atoms with E-state index in [9.17, 15) is 9.59 Å². The summed E-state index contributed by atoms with van der Waals surface area (Å²) in [5, 5.41) is 14.3. The van der Waals surface area contributed by atoms with Crippen LogP contribution in [0, 0.1) is 0 Å². The molecular formula is C13H11N3O4. The number of anilines is 1. The molecule has 7 heteroatoms. The van der Waals surface area contributed by atoms with Gasteiger partial charge in [-0.2, -0.15) is 0 Å². The van der Waals surface area contributed by atoms with Gasteiger partial charge < -0.3 is 9.63 Å². The van der Waals surface area contributed by atoms with Gasteiger partial charge in [-0.05, 0) is 12.1 Å². The Balaban J connectivity index is 1.90. The van der Waals surface area contributed by atoms with Crippen molar-refractivity contribution in [3.63, 3.8) is 0 Å². The molecule has 102 valence electrons. The number of carboxylic acid groups (broad SMARTS) is 1. The van der Waals surface area contributed by atoms with Crippen molar-refractivity contribution in [2.45, 2.75) is 6.42 Å². The summed E-state index contributed by atoms with van der Waals surface area (Å²) < 4.78 is 4.73. The summed E-state index contributed by atoms with van der Waals surface area (Å²) in [6.07, 6.45) is 0.456. The van der Waals surface area contributed by atoms with E-state index < -0.39 is 5.97 Å². The van der Waals surface area contributed by atoms with Crippen molar-refractivity contribution >= 4 is 17.6 Å². The molecule has 1 aromatic carbocycles. The number of rotatable bonds is 3. The van der Waals surface area contributed by atoms with Gasteiger partial charge in [0.1, 0.15) is 5.69 Å². The zero-order valence-corrected chi connectivity index (χ0v) is 10.4. The van der Waals surface area contributed by atoms with Crippen LogP contribution in [-0.2, 0) is 4.79 Å². The number of benzene rings is 1. The molecule has 0 radical (unpaired) electrons. The molecule has 1 aliphatic heterocycles. The number of aromatic nitrogens is 1. The fourth-order valence-electron chi connectivity index (χ4n) is 2.01. The molecule has 20 heavy (non-hydrogen) atoms. The number of nitrogens with zero attached hydrogens (tertiary/aromatic N) is 2. The van der Waals surface area contributed by atoms with Crippen molar-refractivity contribution in [1.29, 1.82) is 0 Å². The van der Waals surface area contributed by atoms with E-state index in [1.165, 1.54) is 6.07 Å². The summed E-state index contributed by atoms with van der Waals surface area (Å²) in [5.74, 6) is -1.39. The first-order valence-electron chi connectivity index (χ1n) is 6.01. The lowest BCUT2D eigenvalue weighted by molar-refractivity contribution is -0.119. The maximum absolute atomic E-state index is 11.2. The predicted molar refractivity (Wildman–Crippen MR) is 69.0 cm³/mol. The molecule has 0 saturated carbocycles. The molecule has 1 aromatic heterocycles. The molecule has 7 nitrogen and oxygen atoms in total. The number of carbonyl (C=O) groups excluding carboxylic acids is 1. The van der Waals surface area contributed by atoms with Crippen LogP contribution in [0.4, 0.5) is 5.69 Å². The molecule has 0 atom stereocenters. The second kappa shape index (κ2) is 4.69. The van der Waals surface area contributed by atoms with Crippen LogP contribution in [0.25, 0.3) is 11.3 Å². The normalized spacial score (nSPS) is 14.4. The molecule has 2 N–H and O–H groups in total. The minimum Gasteiger partial charge on any atom is -0.475 e. The minimum atomic E-state index is -1.16. The summed E-state index contributed by atoms with van der Waals surface area (Å²) in [5.41, 5.74) is 4.70. The van der Waals surface area contributed by atoms with Crippen LogP contribution < -0.4 is 10.4 Å². The molecule has 1 amide bonds. The van der Waals surface area contributed by atoms with Crippen LogP contribution in [0.15, 0.2) is 34.9 Å². The van der Waals surface area contributed by atoms with Gasteiger partial charge in [-0.3, -0.25) is 15.2 Å². The predicted octanol–water partition coefficient (Wildman–Crippen LogP) is 1.28. The summed E-state index contributed by atoms with van der Waals surface area (Å²) in [6, 6.07) is 8.64. The molecule has 1 fully saturated rings. The van der Waals surface area contributed by atoms with E-state index in [0.29, 0.717) is 18.7 Å². The van der Waals surface area contributed by atoms with Gasteiger partial charge in [0, 0.05) is 24.6 Å². The maximum Gasteiger partial charge on any atom is 0.374 e. The number of carbonyl (C=O) groups is 2. The average Bonchev–Trinajstić information content (AvgIpc) is 3.07. The number of nitrogens with one attached hydrogen (secondary N) is 1. The highest BCUT2D eigenvalue weighted by Crippen LogP contribution is 2.25. The SMILES string of the molecule is O=C1CCN(c2cccc(-c3cc(C(=O)O)on3)c2)N1. The number of hydrazine groups is 1. The largest absolute Gasteiger partial charge is 0.475 e. The molecule has 3 rings (SSSR count). The number of aromatic carboxylic acids is 1. The maximum atomic E-state index is 11.2. The van der Waals surface area contributed by atoms with Crippen LogP contribution in [0.2, 0.25) is 0 Å². The standard InChI is InChI=1S/C13H11N3O4/c17-12-4-5-16(14-12)9-3-1-2-8(6-9)10-7-11(13(18)19)20-15-10/h1-3,6-7H,4-5H2,(H,14,17)(H,18,19). The average molecular weight is 273 g/mol. The van der Waals surface area contributed by atoms with Crippen molar-refractivity contribution in [2.24, 2.45) is 0 Å². The van der Waals surface area contributed by atoms with E-state index in [0.717, 1.165) is 11.3 Å². The van der Waals surface area contributed by atoms with Crippen molar-refractivity contribution in [3.8, 4) is 11.3 Å². The summed E-state index contributed by atoms with van der Waals surface area (Å²) in [7, 11) is 0. The number of hydrogen-bond donors (Lipinski definition) is 2. The van der Waals surface area contributed by atoms with E-state index in [2.05, 4.69) is 10.6 Å². The molecule has 2 heterocycles. The Morgan fingerprint density at radius 3 is 2.90 bits per heavy atom. The van der Waals surface area contributed by atoms with Crippen molar-refractivity contribution in [2.75, 3.05) is 11.6 Å². The second-order valence-corrected chi connectivity index (χ2v) is 4.37. The van der Waals surface area contributed by atoms with Gasteiger partial charge in [0.25, 0.3) is 0 Å².